The first-order valence-electron chi connectivity index (χ1n) is 7.69. The third-order valence-electron chi connectivity index (χ3n) is 3.13. The van der Waals surface area contributed by atoms with Gasteiger partial charge in [0.2, 0.25) is 0 Å². The van der Waals surface area contributed by atoms with Gasteiger partial charge in [0, 0.05) is 5.56 Å². The molecule has 7 heteroatoms. The molecule has 24 heavy (non-hydrogen) atoms. The van der Waals surface area contributed by atoms with Gasteiger partial charge in [0.15, 0.2) is 0 Å². The average Bonchev–Trinajstić information content (AvgIpc) is 2.82. The van der Waals surface area contributed by atoms with Crippen molar-refractivity contribution in [2.75, 3.05) is 19.8 Å². The fourth-order valence-electron chi connectivity index (χ4n) is 2.05. The van der Waals surface area contributed by atoms with E-state index >= 15 is 0 Å². The zero-order valence-electron chi connectivity index (χ0n) is 13.6. The van der Waals surface area contributed by atoms with E-state index in [9.17, 15) is 9.59 Å². The predicted octanol–water partition coefficient (Wildman–Crippen LogP) is 3.24. The van der Waals surface area contributed by atoms with Gasteiger partial charge in [-0.05, 0) is 25.5 Å². The molecule has 0 bridgehead atoms. The molecule has 0 unspecified atom stereocenters. The molecular weight excluding hydrogens is 346 g/mol. The number of carbonyl (C=O) groups is 2. The van der Waals surface area contributed by atoms with Gasteiger partial charge in [0.25, 0.3) is 5.91 Å². The summed E-state index contributed by atoms with van der Waals surface area (Å²) in [5, 5.41) is 0. The highest BCUT2D eigenvalue weighted by molar-refractivity contribution is 8.26. The lowest BCUT2D eigenvalue weighted by Gasteiger charge is -2.13. The van der Waals surface area contributed by atoms with Crippen molar-refractivity contribution in [2.45, 2.75) is 20.3 Å². The predicted molar refractivity (Wildman–Crippen MR) is 98.7 cm³/mol. The number of hydrogen-bond acceptors (Lipinski definition) is 6. The molecule has 0 radical (unpaired) electrons. The summed E-state index contributed by atoms with van der Waals surface area (Å²) in [4.78, 5) is 26.0. The van der Waals surface area contributed by atoms with Crippen molar-refractivity contribution in [3.8, 4) is 5.75 Å². The average molecular weight is 365 g/mol. The molecule has 1 fully saturated rings. The number of thiocarbonyl (C=S) groups is 1. The summed E-state index contributed by atoms with van der Waals surface area (Å²) in [7, 11) is 0. The molecule has 1 aromatic rings. The summed E-state index contributed by atoms with van der Waals surface area (Å²) < 4.78 is 10.9. The standard InChI is InChI=1S/C17H19NO4S2/c1-3-9-22-15(19)11-18-16(20)14(24-17(18)23)10-12-7-5-6-8-13(12)21-4-2/h5-8,10H,3-4,9,11H2,1-2H3/b14-10-. The first-order valence-corrected chi connectivity index (χ1v) is 8.92. The number of amides is 1. The quantitative estimate of drug-likeness (QED) is 0.420. The van der Waals surface area contributed by atoms with Crippen LogP contribution in [0.4, 0.5) is 0 Å². The zero-order valence-corrected chi connectivity index (χ0v) is 15.2. The minimum absolute atomic E-state index is 0.158. The van der Waals surface area contributed by atoms with E-state index in [1.165, 1.54) is 16.7 Å². The van der Waals surface area contributed by atoms with Crippen LogP contribution in [0.15, 0.2) is 29.2 Å². The Morgan fingerprint density at radius 2 is 2.08 bits per heavy atom. The van der Waals surface area contributed by atoms with Crippen LogP contribution in [0.25, 0.3) is 6.08 Å². The second-order valence-corrected chi connectivity index (χ2v) is 6.63. The van der Waals surface area contributed by atoms with Crippen LogP contribution in [0.5, 0.6) is 5.75 Å². The van der Waals surface area contributed by atoms with Gasteiger partial charge >= 0.3 is 5.97 Å². The molecule has 5 nitrogen and oxygen atoms in total. The van der Waals surface area contributed by atoms with Crippen molar-refractivity contribution >= 4 is 46.3 Å². The van der Waals surface area contributed by atoms with E-state index in [0.29, 0.717) is 28.2 Å². The first kappa shape index (κ1) is 18.5. The van der Waals surface area contributed by atoms with Crippen LogP contribution in [0.2, 0.25) is 0 Å². The van der Waals surface area contributed by atoms with E-state index in [-0.39, 0.29) is 12.5 Å². The minimum Gasteiger partial charge on any atom is -0.493 e. The van der Waals surface area contributed by atoms with Gasteiger partial charge in [-0.3, -0.25) is 14.5 Å². The van der Waals surface area contributed by atoms with Crippen molar-refractivity contribution in [3.63, 3.8) is 0 Å². The fourth-order valence-corrected chi connectivity index (χ4v) is 3.30. The largest absolute Gasteiger partial charge is 0.493 e. The monoisotopic (exact) mass is 365 g/mol. The summed E-state index contributed by atoms with van der Waals surface area (Å²) in [6.45, 7) is 4.53. The van der Waals surface area contributed by atoms with Gasteiger partial charge < -0.3 is 9.47 Å². The highest BCUT2D eigenvalue weighted by Gasteiger charge is 2.33. The van der Waals surface area contributed by atoms with Crippen molar-refractivity contribution in [1.82, 2.24) is 4.90 Å². The maximum Gasteiger partial charge on any atom is 0.326 e. The molecule has 2 rings (SSSR count). The molecule has 1 aromatic carbocycles. The molecule has 1 amide bonds. The van der Waals surface area contributed by atoms with Crippen LogP contribution < -0.4 is 4.74 Å². The van der Waals surface area contributed by atoms with Gasteiger partial charge in [-0.1, -0.05) is 49.1 Å². The number of ether oxygens (including phenoxy) is 2. The van der Waals surface area contributed by atoms with Crippen LogP contribution in [0.1, 0.15) is 25.8 Å². The summed E-state index contributed by atoms with van der Waals surface area (Å²) in [6.07, 6.45) is 2.47. The van der Waals surface area contributed by atoms with Crippen molar-refractivity contribution in [3.05, 3.63) is 34.7 Å². The Labute approximate surface area is 151 Å². The number of para-hydroxylation sites is 1. The lowest BCUT2D eigenvalue weighted by molar-refractivity contribution is -0.146. The number of rotatable bonds is 7. The fraction of sp³-hybridized carbons (Fsp3) is 0.353. The van der Waals surface area contributed by atoms with Crippen LogP contribution >= 0.6 is 24.0 Å². The molecule has 0 N–H and O–H groups in total. The van der Waals surface area contributed by atoms with E-state index in [2.05, 4.69) is 0 Å². The lowest BCUT2D eigenvalue weighted by Crippen LogP contribution is -2.34. The van der Waals surface area contributed by atoms with Gasteiger partial charge in [-0.25, -0.2) is 0 Å². The summed E-state index contributed by atoms with van der Waals surface area (Å²) in [5.74, 6) is -0.0403. The lowest BCUT2D eigenvalue weighted by atomic mass is 10.2. The van der Waals surface area contributed by atoms with Crippen molar-refractivity contribution in [1.29, 1.82) is 0 Å². The Balaban J connectivity index is 2.15. The van der Waals surface area contributed by atoms with Crippen LogP contribution in [0, 0.1) is 0 Å². The molecule has 128 valence electrons. The number of hydrogen-bond donors (Lipinski definition) is 0. The third kappa shape index (κ3) is 4.58. The Morgan fingerprint density at radius 3 is 2.79 bits per heavy atom. The Bertz CT molecular complexity index is 672. The molecule has 0 spiro atoms. The van der Waals surface area contributed by atoms with E-state index in [4.69, 9.17) is 21.7 Å². The number of benzene rings is 1. The number of nitrogens with zero attached hydrogens (tertiary/aromatic N) is 1. The van der Waals surface area contributed by atoms with E-state index in [1.807, 2.05) is 38.1 Å². The number of thioether (sulfide) groups is 1. The normalized spacial score (nSPS) is 15.9. The molecule has 0 aliphatic carbocycles. The number of carbonyl (C=O) groups excluding carboxylic acids is 2. The molecule has 1 aliphatic rings. The summed E-state index contributed by atoms with van der Waals surface area (Å²) in [5.41, 5.74) is 0.799. The zero-order chi connectivity index (χ0) is 17.5. The van der Waals surface area contributed by atoms with Crippen LogP contribution in [-0.4, -0.2) is 40.9 Å². The van der Waals surface area contributed by atoms with Gasteiger partial charge in [0.05, 0.1) is 18.1 Å². The highest BCUT2D eigenvalue weighted by Crippen LogP contribution is 2.34. The van der Waals surface area contributed by atoms with E-state index in [0.717, 1.165) is 12.0 Å². The molecule has 0 atom stereocenters. The number of esters is 1. The molecule has 1 aliphatic heterocycles. The Kier molecular flexibility index (Phi) is 6.81. The van der Waals surface area contributed by atoms with Gasteiger partial charge in [-0.15, -0.1) is 0 Å². The van der Waals surface area contributed by atoms with Crippen LogP contribution in [0.3, 0.4) is 0 Å². The van der Waals surface area contributed by atoms with Crippen LogP contribution in [-0.2, 0) is 14.3 Å². The van der Waals surface area contributed by atoms with Crippen molar-refractivity contribution in [2.24, 2.45) is 0 Å². The third-order valence-corrected chi connectivity index (χ3v) is 4.51. The molecule has 0 aromatic heterocycles. The SMILES string of the molecule is CCCOC(=O)CN1C(=O)/C(=C/c2ccccc2OCC)SC1=S. The smallest absolute Gasteiger partial charge is 0.326 e. The molecule has 1 saturated heterocycles. The van der Waals surface area contributed by atoms with Gasteiger partial charge in [0.1, 0.15) is 16.6 Å². The highest BCUT2D eigenvalue weighted by atomic mass is 32.2. The van der Waals surface area contributed by atoms with E-state index in [1.54, 1.807) is 6.08 Å². The second-order valence-electron chi connectivity index (χ2n) is 4.96. The molecule has 0 saturated carbocycles. The topological polar surface area (TPSA) is 55.8 Å². The molecular formula is C17H19NO4S2. The maximum absolute atomic E-state index is 12.5. The second kappa shape index (κ2) is 8.84. The minimum atomic E-state index is -0.455. The van der Waals surface area contributed by atoms with Crippen molar-refractivity contribution < 1.29 is 19.1 Å². The van der Waals surface area contributed by atoms with Gasteiger partial charge in [-0.2, -0.15) is 0 Å². The summed E-state index contributed by atoms with van der Waals surface area (Å²) in [6, 6.07) is 7.46. The maximum atomic E-state index is 12.5. The summed E-state index contributed by atoms with van der Waals surface area (Å²) >= 11 is 6.39. The first-order chi connectivity index (χ1) is 11.6. The molecule has 1 heterocycles. The van der Waals surface area contributed by atoms with E-state index < -0.39 is 5.97 Å². The Morgan fingerprint density at radius 1 is 1.33 bits per heavy atom. The Hall–Kier alpha value is -1.86.